The van der Waals surface area contributed by atoms with E-state index in [1.807, 2.05) is 12.1 Å². The highest BCUT2D eigenvalue weighted by molar-refractivity contribution is 6.05. The summed E-state index contributed by atoms with van der Waals surface area (Å²) >= 11 is 0. The molecule has 2 fully saturated rings. The number of aromatic hydroxyl groups is 1. The molecule has 0 saturated carbocycles. The molecule has 3 aliphatic rings. The molecule has 2 aliphatic heterocycles. The lowest BCUT2D eigenvalue weighted by Crippen LogP contribution is -2.33. The summed E-state index contributed by atoms with van der Waals surface area (Å²) in [6, 6.07) is 7.24. The zero-order valence-electron chi connectivity index (χ0n) is 17.4. The van der Waals surface area contributed by atoms with Gasteiger partial charge in [-0.05, 0) is 55.9 Å². The van der Waals surface area contributed by atoms with E-state index in [4.69, 9.17) is 4.74 Å². The fourth-order valence-corrected chi connectivity index (χ4v) is 5.30. The highest BCUT2D eigenvalue weighted by atomic mass is 16.5. The lowest BCUT2D eigenvalue weighted by atomic mass is 9.69. The average Bonchev–Trinajstić information content (AvgIpc) is 3.21. The average molecular weight is 395 g/mol. The molecular formula is C24H29NO4. The third-order valence-corrected chi connectivity index (χ3v) is 6.74. The second kappa shape index (κ2) is 7.79. The smallest absolute Gasteiger partial charge is 0.233 e. The predicted octanol–water partition coefficient (Wildman–Crippen LogP) is 3.93. The molecule has 1 aromatic carbocycles. The van der Waals surface area contributed by atoms with Gasteiger partial charge in [0.05, 0.1) is 24.5 Å². The van der Waals surface area contributed by atoms with E-state index >= 15 is 0 Å². The second-order valence-electron chi connectivity index (χ2n) is 8.54. The molecule has 1 aliphatic carbocycles. The second-order valence-corrected chi connectivity index (χ2v) is 8.54. The first kappa shape index (κ1) is 19.9. The Morgan fingerprint density at radius 1 is 1.28 bits per heavy atom. The summed E-state index contributed by atoms with van der Waals surface area (Å²) in [5.41, 5.74) is 4.81. The third kappa shape index (κ3) is 3.52. The van der Waals surface area contributed by atoms with E-state index < -0.39 is 0 Å². The van der Waals surface area contributed by atoms with Crippen LogP contribution in [0.4, 0.5) is 0 Å². The first-order chi connectivity index (χ1) is 13.9. The highest BCUT2D eigenvalue weighted by Gasteiger charge is 2.55. The van der Waals surface area contributed by atoms with Gasteiger partial charge in [0.1, 0.15) is 5.75 Å². The first-order valence-corrected chi connectivity index (χ1v) is 10.5. The van der Waals surface area contributed by atoms with Crippen molar-refractivity contribution in [3.8, 4) is 5.75 Å². The number of phenolic OH excluding ortho intramolecular Hbond substituents is 1. The Kier molecular flexibility index (Phi) is 5.34. The third-order valence-electron chi connectivity index (χ3n) is 6.74. The van der Waals surface area contributed by atoms with Gasteiger partial charge >= 0.3 is 0 Å². The molecule has 0 unspecified atom stereocenters. The van der Waals surface area contributed by atoms with Gasteiger partial charge in [-0.3, -0.25) is 14.5 Å². The summed E-state index contributed by atoms with van der Waals surface area (Å²) in [6.45, 7) is 4.76. The minimum Gasteiger partial charge on any atom is -0.508 e. The number of allylic oxidation sites excluding steroid dienone is 2. The van der Waals surface area contributed by atoms with Crippen molar-refractivity contribution in [1.29, 1.82) is 0 Å². The zero-order valence-corrected chi connectivity index (χ0v) is 17.4. The van der Waals surface area contributed by atoms with Gasteiger partial charge in [0, 0.05) is 13.0 Å². The lowest BCUT2D eigenvalue weighted by Gasteiger charge is -2.31. The van der Waals surface area contributed by atoms with Crippen LogP contribution in [-0.2, 0) is 14.3 Å². The maximum absolute atomic E-state index is 12.7. The number of likely N-dealkylation sites (tertiary alicyclic amines) is 1. The van der Waals surface area contributed by atoms with Crippen LogP contribution in [0.5, 0.6) is 5.75 Å². The molecule has 4 atom stereocenters. The Labute approximate surface area is 172 Å². The van der Waals surface area contributed by atoms with Gasteiger partial charge in [-0.25, -0.2) is 0 Å². The van der Waals surface area contributed by atoms with Crippen molar-refractivity contribution < 1.29 is 19.4 Å². The summed E-state index contributed by atoms with van der Waals surface area (Å²) < 4.78 is 6.17. The maximum Gasteiger partial charge on any atom is 0.233 e. The first-order valence-electron chi connectivity index (χ1n) is 10.5. The fraction of sp³-hybridized carbons (Fsp3) is 0.500. The molecule has 1 N–H and O–H groups in total. The van der Waals surface area contributed by atoms with E-state index in [-0.39, 0.29) is 41.4 Å². The normalized spacial score (nSPS) is 29.5. The number of ether oxygens (including phenoxy) is 1. The highest BCUT2D eigenvalue weighted by Crippen LogP contribution is 2.50. The van der Waals surface area contributed by atoms with Crippen LogP contribution in [-0.4, -0.2) is 41.6 Å². The zero-order chi connectivity index (χ0) is 20.7. The molecule has 0 radical (unpaired) electrons. The van der Waals surface area contributed by atoms with Crippen LogP contribution < -0.4 is 0 Å². The number of nitrogens with zero attached hydrogens (tertiary/aromatic N) is 1. The number of carbonyl (C=O) groups is 2. The van der Waals surface area contributed by atoms with Crippen LogP contribution in [0.15, 0.2) is 41.0 Å². The van der Waals surface area contributed by atoms with Crippen LogP contribution >= 0.6 is 0 Å². The molecule has 154 valence electrons. The number of hydrogen-bond donors (Lipinski definition) is 1. The van der Waals surface area contributed by atoms with Crippen LogP contribution in [0.3, 0.4) is 0 Å². The summed E-state index contributed by atoms with van der Waals surface area (Å²) in [4.78, 5) is 26.5. The van der Waals surface area contributed by atoms with E-state index in [0.29, 0.717) is 13.0 Å². The standard InChI is InChI=1S/C24H29NO4/c1-4-16-12-18-22(24(28)25(3)23(18)27)19-13-29-20(21(16)19)9-8-14(2)10-15-6-5-7-17(26)11-15/h5-7,10-11,18-20,22,26H,4,8-9,12-13H2,1-3H3/b14-10+/t18-,19+,20-,22-/m1/s1. The Bertz CT molecular complexity index is 900. The maximum atomic E-state index is 12.7. The largest absolute Gasteiger partial charge is 0.508 e. The number of imide groups is 1. The SMILES string of the molecule is CCC1=C2[C@@H](CC/C(C)=C/c3cccc(O)c3)OC[C@@H]2[C@@H]2C(=O)N(C)C(=O)[C@@H]2C1. The van der Waals surface area contributed by atoms with E-state index in [9.17, 15) is 14.7 Å². The Morgan fingerprint density at radius 2 is 2.07 bits per heavy atom. The van der Waals surface area contributed by atoms with Crippen molar-refractivity contribution in [1.82, 2.24) is 4.90 Å². The number of hydrogen-bond acceptors (Lipinski definition) is 4. The summed E-state index contributed by atoms with van der Waals surface area (Å²) in [7, 11) is 1.61. The van der Waals surface area contributed by atoms with Crippen LogP contribution in [0, 0.1) is 17.8 Å². The van der Waals surface area contributed by atoms with Crippen molar-refractivity contribution in [2.45, 2.75) is 45.6 Å². The minimum atomic E-state index is -0.244. The molecule has 5 heteroatoms. The van der Waals surface area contributed by atoms with Gasteiger partial charge in [-0.2, -0.15) is 0 Å². The number of carbonyl (C=O) groups excluding carboxylic acids is 2. The van der Waals surface area contributed by atoms with Crippen molar-refractivity contribution in [3.05, 3.63) is 46.5 Å². The van der Waals surface area contributed by atoms with E-state index in [1.54, 1.807) is 19.2 Å². The minimum absolute atomic E-state index is 0.0252. The molecule has 1 aromatic rings. The molecule has 2 heterocycles. The summed E-state index contributed by atoms with van der Waals surface area (Å²) in [5.74, 6) is -0.202. The van der Waals surface area contributed by atoms with E-state index in [1.165, 1.54) is 21.6 Å². The van der Waals surface area contributed by atoms with Crippen LogP contribution in [0.25, 0.3) is 6.08 Å². The van der Waals surface area contributed by atoms with Gasteiger partial charge in [0.15, 0.2) is 0 Å². The van der Waals surface area contributed by atoms with Gasteiger partial charge in [0.25, 0.3) is 0 Å². The number of fused-ring (bicyclic) bond motifs is 3. The lowest BCUT2D eigenvalue weighted by molar-refractivity contribution is -0.138. The van der Waals surface area contributed by atoms with Gasteiger partial charge in [-0.1, -0.05) is 36.3 Å². The molecule has 0 bridgehead atoms. The van der Waals surface area contributed by atoms with Crippen LogP contribution in [0.1, 0.15) is 45.1 Å². The van der Waals surface area contributed by atoms with Crippen molar-refractivity contribution in [3.63, 3.8) is 0 Å². The predicted molar refractivity (Wildman–Crippen MR) is 111 cm³/mol. The van der Waals surface area contributed by atoms with E-state index in [0.717, 1.165) is 24.8 Å². The molecule has 5 nitrogen and oxygen atoms in total. The fourth-order valence-electron chi connectivity index (χ4n) is 5.30. The Hall–Kier alpha value is -2.40. The molecule has 0 spiro atoms. The monoisotopic (exact) mass is 395 g/mol. The quantitative estimate of drug-likeness (QED) is 0.606. The number of benzene rings is 1. The molecule has 4 rings (SSSR count). The van der Waals surface area contributed by atoms with Gasteiger partial charge in [0.2, 0.25) is 11.8 Å². The molecular weight excluding hydrogens is 366 g/mol. The molecule has 0 aromatic heterocycles. The van der Waals surface area contributed by atoms with Gasteiger partial charge in [-0.15, -0.1) is 0 Å². The number of phenols is 1. The summed E-state index contributed by atoms with van der Waals surface area (Å²) in [5, 5.41) is 9.64. The molecule has 29 heavy (non-hydrogen) atoms. The summed E-state index contributed by atoms with van der Waals surface area (Å²) in [6.07, 6.45) is 5.46. The number of rotatable bonds is 5. The number of amides is 2. The molecule has 2 amide bonds. The topological polar surface area (TPSA) is 66.8 Å². The van der Waals surface area contributed by atoms with Crippen molar-refractivity contribution in [2.24, 2.45) is 17.8 Å². The molecule has 2 saturated heterocycles. The van der Waals surface area contributed by atoms with E-state index in [2.05, 4.69) is 19.9 Å². The van der Waals surface area contributed by atoms with Gasteiger partial charge < -0.3 is 9.84 Å². The van der Waals surface area contributed by atoms with Crippen LogP contribution in [0.2, 0.25) is 0 Å². The Morgan fingerprint density at radius 3 is 2.79 bits per heavy atom. The van der Waals surface area contributed by atoms with Crippen molar-refractivity contribution in [2.75, 3.05) is 13.7 Å². The Balaban J connectivity index is 1.51. The van der Waals surface area contributed by atoms with Crippen molar-refractivity contribution >= 4 is 17.9 Å².